The molecule has 1 aliphatic rings. The molecule has 1 fully saturated rings. The van der Waals surface area contributed by atoms with Crippen LogP contribution in [0, 0.1) is 0 Å². The molecule has 1 atom stereocenters. The molecule has 94 valence electrons. The lowest BCUT2D eigenvalue weighted by molar-refractivity contribution is -0.132. The molecule has 0 saturated carbocycles. The van der Waals surface area contributed by atoms with Gasteiger partial charge < -0.3 is 10.0 Å². The number of carboxylic acids is 1. The number of hydrogen-bond acceptors (Lipinski definition) is 6. The molecule has 0 aromatic carbocycles. The van der Waals surface area contributed by atoms with Crippen molar-refractivity contribution >= 4 is 23.6 Å². The SMILES string of the molecule is CC1C(=O)NC(=O)CN1c1cncc(C(=O)O)n1. The number of piperazine rings is 1. The molecule has 2 amide bonds. The highest BCUT2D eigenvalue weighted by Crippen LogP contribution is 2.15. The summed E-state index contributed by atoms with van der Waals surface area (Å²) >= 11 is 0. The van der Waals surface area contributed by atoms with Crippen LogP contribution in [0.2, 0.25) is 0 Å². The largest absolute Gasteiger partial charge is 0.476 e. The molecule has 0 aliphatic carbocycles. The third kappa shape index (κ3) is 2.12. The van der Waals surface area contributed by atoms with E-state index in [9.17, 15) is 14.4 Å². The summed E-state index contributed by atoms with van der Waals surface area (Å²) in [4.78, 5) is 42.5. The van der Waals surface area contributed by atoms with Gasteiger partial charge in [-0.15, -0.1) is 0 Å². The second kappa shape index (κ2) is 4.40. The van der Waals surface area contributed by atoms with Gasteiger partial charge in [-0.2, -0.15) is 0 Å². The molecule has 1 aliphatic heterocycles. The molecule has 0 radical (unpaired) electrons. The van der Waals surface area contributed by atoms with Crippen molar-refractivity contribution < 1.29 is 19.5 Å². The van der Waals surface area contributed by atoms with Crippen molar-refractivity contribution in [2.45, 2.75) is 13.0 Å². The lowest BCUT2D eigenvalue weighted by Gasteiger charge is -2.32. The minimum atomic E-state index is -1.22. The minimum absolute atomic E-state index is 0.0648. The number of anilines is 1. The predicted octanol–water partition coefficient (Wildman–Crippen LogP) is -0.974. The molecular formula is C10H10N4O4. The third-order valence-corrected chi connectivity index (χ3v) is 2.56. The van der Waals surface area contributed by atoms with Crippen LogP contribution in [0.25, 0.3) is 0 Å². The van der Waals surface area contributed by atoms with Crippen LogP contribution in [-0.4, -0.2) is 45.4 Å². The molecule has 0 spiro atoms. The Kier molecular flexibility index (Phi) is 2.92. The summed E-state index contributed by atoms with van der Waals surface area (Å²) in [6.45, 7) is 1.53. The van der Waals surface area contributed by atoms with Gasteiger partial charge in [0.05, 0.1) is 18.9 Å². The number of nitrogens with one attached hydrogen (secondary N) is 1. The molecule has 1 aromatic rings. The van der Waals surface area contributed by atoms with Crippen LogP contribution in [0.5, 0.6) is 0 Å². The highest BCUT2D eigenvalue weighted by molar-refractivity contribution is 6.04. The Bertz CT molecular complexity index is 530. The highest BCUT2D eigenvalue weighted by Gasteiger charge is 2.31. The maximum absolute atomic E-state index is 11.5. The van der Waals surface area contributed by atoms with E-state index in [-0.39, 0.29) is 18.1 Å². The number of aromatic nitrogens is 2. The van der Waals surface area contributed by atoms with Crippen molar-refractivity contribution in [1.29, 1.82) is 0 Å². The molecule has 0 bridgehead atoms. The van der Waals surface area contributed by atoms with Gasteiger partial charge >= 0.3 is 5.97 Å². The van der Waals surface area contributed by atoms with Gasteiger partial charge in [-0.25, -0.2) is 9.78 Å². The second-order valence-corrected chi connectivity index (χ2v) is 3.78. The van der Waals surface area contributed by atoms with E-state index < -0.39 is 23.8 Å². The number of carbonyl (C=O) groups excluding carboxylic acids is 2. The normalized spacial score (nSPS) is 19.6. The molecular weight excluding hydrogens is 240 g/mol. The Balaban J connectivity index is 2.35. The van der Waals surface area contributed by atoms with Gasteiger partial charge in [-0.05, 0) is 6.92 Å². The van der Waals surface area contributed by atoms with Crippen molar-refractivity contribution in [3.8, 4) is 0 Å². The molecule has 1 unspecified atom stereocenters. The smallest absolute Gasteiger partial charge is 0.356 e. The molecule has 8 heteroatoms. The molecule has 2 N–H and O–H groups in total. The number of imide groups is 1. The van der Waals surface area contributed by atoms with Crippen molar-refractivity contribution in [2.75, 3.05) is 11.4 Å². The number of carbonyl (C=O) groups is 3. The first-order valence-corrected chi connectivity index (χ1v) is 5.14. The van der Waals surface area contributed by atoms with Gasteiger partial charge in [0.2, 0.25) is 11.8 Å². The molecule has 1 aromatic heterocycles. The third-order valence-electron chi connectivity index (χ3n) is 2.56. The number of rotatable bonds is 2. The standard InChI is InChI=1S/C10H10N4O4/c1-5-9(16)13-8(15)4-14(5)7-3-11-2-6(12-7)10(17)18/h2-3,5H,4H2,1H3,(H,17,18)(H,13,15,16). The number of amides is 2. The van der Waals surface area contributed by atoms with Crippen LogP contribution < -0.4 is 10.2 Å². The Hall–Kier alpha value is -2.51. The molecule has 2 heterocycles. The van der Waals surface area contributed by atoms with Gasteiger partial charge in [0.1, 0.15) is 11.9 Å². The van der Waals surface area contributed by atoms with Crippen LogP contribution in [0.4, 0.5) is 5.82 Å². The monoisotopic (exact) mass is 250 g/mol. The summed E-state index contributed by atoms with van der Waals surface area (Å²) in [5, 5.41) is 11.0. The van der Waals surface area contributed by atoms with Crippen LogP contribution in [-0.2, 0) is 9.59 Å². The van der Waals surface area contributed by atoms with Crippen molar-refractivity contribution in [3.05, 3.63) is 18.1 Å². The summed E-state index contributed by atoms with van der Waals surface area (Å²) in [6.07, 6.45) is 2.41. The lowest BCUT2D eigenvalue weighted by atomic mass is 10.2. The number of nitrogens with zero attached hydrogens (tertiary/aromatic N) is 3. The Morgan fingerprint density at radius 2 is 2.22 bits per heavy atom. The van der Waals surface area contributed by atoms with Crippen LogP contribution in [0.15, 0.2) is 12.4 Å². The Morgan fingerprint density at radius 1 is 1.50 bits per heavy atom. The summed E-state index contributed by atoms with van der Waals surface area (Å²) in [5.41, 5.74) is -0.238. The van der Waals surface area contributed by atoms with E-state index in [2.05, 4.69) is 15.3 Å². The van der Waals surface area contributed by atoms with E-state index in [0.29, 0.717) is 0 Å². The first kappa shape index (κ1) is 12.0. The number of aromatic carboxylic acids is 1. The van der Waals surface area contributed by atoms with Crippen molar-refractivity contribution in [3.63, 3.8) is 0 Å². The fourth-order valence-corrected chi connectivity index (χ4v) is 1.59. The lowest BCUT2D eigenvalue weighted by Crippen LogP contribution is -2.57. The minimum Gasteiger partial charge on any atom is -0.476 e. The van der Waals surface area contributed by atoms with Gasteiger partial charge in [-0.3, -0.25) is 19.9 Å². The topological polar surface area (TPSA) is 112 Å². The van der Waals surface area contributed by atoms with Gasteiger partial charge in [0, 0.05) is 0 Å². The van der Waals surface area contributed by atoms with Gasteiger partial charge in [0.15, 0.2) is 5.69 Å². The zero-order valence-electron chi connectivity index (χ0n) is 9.45. The van der Waals surface area contributed by atoms with E-state index in [4.69, 9.17) is 5.11 Å². The molecule has 8 nitrogen and oxygen atoms in total. The molecule has 1 saturated heterocycles. The van der Waals surface area contributed by atoms with Gasteiger partial charge in [-0.1, -0.05) is 0 Å². The first-order chi connectivity index (χ1) is 8.49. The summed E-state index contributed by atoms with van der Waals surface area (Å²) in [6, 6.07) is -0.610. The van der Waals surface area contributed by atoms with E-state index in [1.54, 1.807) is 6.92 Å². The quantitative estimate of drug-likeness (QED) is 0.649. The van der Waals surface area contributed by atoms with Crippen LogP contribution >= 0.6 is 0 Å². The average Bonchev–Trinajstić information content (AvgIpc) is 2.34. The maximum Gasteiger partial charge on any atom is 0.356 e. The molecule has 18 heavy (non-hydrogen) atoms. The number of carboxylic acid groups (broad SMARTS) is 1. The summed E-state index contributed by atoms with van der Waals surface area (Å²) in [7, 11) is 0. The zero-order valence-corrected chi connectivity index (χ0v) is 9.45. The Morgan fingerprint density at radius 3 is 2.89 bits per heavy atom. The fraction of sp³-hybridized carbons (Fsp3) is 0.300. The number of hydrogen-bond donors (Lipinski definition) is 2. The Labute approximate surface area is 102 Å². The van der Waals surface area contributed by atoms with Crippen LogP contribution in [0.1, 0.15) is 17.4 Å². The highest BCUT2D eigenvalue weighted by atomic mass is 16.4. The van der Waals surface area contributed by atoms with E-state index in [1.807, 2.05) is 0 Å². The average molecular weight is 250 g/mol. The van der Waals surface area contributed by atoms with Gasteiger partial charge in [0.25, 0.3) is 0 Å². The van der Waals surface area contributed by atoms with Crippen LogP contribution in [0.3, 0.4) is 0 Å². The van der Waals surface area contributed by atoms with E-state index >= 15 is 0 Å². The summed E-state index contributed by atoms with van der Waals surface area (Å²) in [5.74, 6) is -1.94. The molecule has 2 rings (SSSR count). The first-order valence-electron chi connectivity index (χ1n) is 5.14. The van der Waals surface area contributed by atoms with E-state index in [0.717, 1.165) is 6.20 Å². The second-order valence-electron chi connectivity index (χ2n) is 3.78. The summed E-state index contributed by atoms with van der Waals surface area (Å²) < 4.78 is 0. The van der Waals surface area contributed by atoms with E-state index in [1.165, 1.54) is 11.1 Å². The maximum atomic E-state index is 11.5. The van der Waals surface area contributed by atoms with Crippen molar-refractivity contribution in [2.24, 2.45) is 0 Å². The zero-order chi connectivity index (χ0) is 13.3. The fourth-order valence-electron chi connectivity index (χ4n) is 1.59. The predicted molar refractivity (Wildman–Crippen MR) is 58.9 cm³/mol. The van der Waals surface area contributed by atoms with Crippen molar-refractivity contribution in [1.82, 2.24) is 15.3 Å².